The van der Waals surface area contributed by atoms with E-state index in [9.17, 15) is 9.18 Å². The summed E-state index contributed by atoms with van der Waals surface area (Å²) in [7, 11) is 0. The maximum absolute atomic E-state index is 13.4. The van der Waals surface area contributed by atoms with E-state index in [1.807, 2.05) is 6.92 Å². The van der Waals surface area contributed by atoms with Gasteiger partial charge in [-0.3, -0.25) is 4.79 Å². The molecule has 0 aromatic rings. The molecule has 3 aliphatic rings. The van der Waals surface area contributed by atoms with E-state index in [-0.39, 0.29) is 18.5 Å². The number of hydrogen-bond acceptors (Lipinski definition) is 4. The standard InChI is InChI=1S/C19H32FN3O2/c1-13-9-16(20)12-23(13)19(24)11-21-17-8-7-15(10-17)14(2)22-25-18-5-3-4-6-18/h13,15-18,21H,3-12H2,1-2H3/b22-14+/t13-,15+,16+,17-/m1/s1. The van der Waals surface area contributed by atoms with Crippen LogP contribution in [0.5, 0.6) is 0 Å². The van der Waals surface area contributed by atoms with E-state index in [0.717, 1.165) is 37.8 Å². The molecule has 1 amide bonds. The van der Waals surface area contributed by atoms with Gasteiger partial charge in [0, 0.05) is 24.4 Å². The second-order valence-corrected chi connectivity index (χ2v) is 8.06. The van der Waals surface area contributed by atoms with Gasteiger partial charge in [-0.1, -0.05) is 5.16 Å². The lowest BCUT2D eigenvalue weighted by Crippen LogP contribution is -2.42. The van der Waals surface area contributed by atoms with Gasteiger partial charge in [-0.15, -0.1) is 0 Å². The van der Waals surface area contributed by atoms with Gasteiger partial charge in [-0.25, -0.2) is 4.39 Å². The number of carbonyl (C=O) groups is 1. The molecule has 1 heterocycles. The Balaban J connectivity index is 1.39. The van der Waals surface area contributed by atoms with Crippen LogP contribution < -0.4 is 5.32 Å². The van der Waals surface area contributed by atoms with Crippen LogP contribution in [-0.4, -0.2) is 54.0 Å². The van der Waals surface area contributed by atoms with Gasteiger partial charge >= 0.3 is 0 Å². The van der Waals surface area contributed by atoms with E-state index >= 15 is 0 Å². The fourth-order valence-corrected chi connectivity index (χ4v) is 4.42. The summed E-state index contributed by atoms with van der Waals surface area (Å²) in [5, 5.41) is 7.74. The number of oxime groups is 1. The minimum atomic E-state index is -0.867. The van der Waals surface area contributed by atoms with Crippen LogP contribution in [0.1, 0.15) is 65.2 Å². The number of alkyl halides is 1. The van der Waals surface area contributed by atoms with Crippen molar-refractivity contribution in [1.29, 1.82) is 0 Å². The molecule has 2 aliphatic carbocycles. The minimum absolute atomic E-state index is 0.0164. The predicted octanol–water partition coefficient (Wildman–Crippen LogP) is 3.04. The van der Waals surface area contributed by atoms with Crippen molar-refractivity contribution in [3.05, 3.63) is 0 Å². The Kier molecular flexibility index (Phi) is 6.31. The van der Waals surface area contributed by atoms with Crippen LogP contribution in [0.4, 0.5) is 4.39 Å². The van der Waals surface area contributed by atoms with Crippen LogP contribution in [0.15, 0.2) is 5.16 Å². The van der Waals surface area contributed by atoms with Crippen LogP contribution in [0.2, 0.25) is 0 Å². The Labute approximate surface area is 150 Å². The third kappa shape index (κ3) is 4.93. The zero-order valence-corrected chi connectivity index (χ0v) is 15.5. The Morgan fingerprint density at radius 2 is 2.00 bits per heavy atom. The summed E-state index contributed by atoms with van der Waals surface area (Å²) in [5.41, 5.74) is 1.08. The Bertz CT molecular complexity index is 493. The molecule has 6 heteroatoms. The van der Waals surface area contributed by atoms with E-state index in [1.165, 1.54) is 12.8 Å². The third-order valence-corrected chi connectivity index (χ3v) is 6.06. The maximum atomic E-state index is 13.4. The smallest absolute Gasteiger partial charge is 0.236 e. The van der Waals surface area contributed by atoms with E-state index in [4.69, 9.17) is 4.84 Å². The predicted molar refractivity (Wildman–Crippen MR) is 96.3 cm³/mol. The molecule has 4 atom stereocenters. The zero-order chi connectivity index (χ0) is 17.8. The van der Waals surface area contributed by atoms with E-state index in [1.54, 1.807) is 4.90 Å². The van der Waals surface area contributed by atoms with Crippen molar-refractivity contribution in [3.8, 4) is 0 Å². The van der Waals surface area contributed by atoms with E-state index in [0.29, 0.717) is 31.0 Å². The molecule has 1 N–H and O–H groups in total. The monoisotopic (exact) mass is 353 g/mol. The van der Waals surface area contributed by atoms with Crippen LogP contribution in [-0.2, 0) is 9.63 Å². The van der Waals surface area contributed by atoms with Crippen LogP contribution >= 0.6 is 0 Å². The van der Waals surface area contributed by atoms with Crippen molar-refractivity contribution >= 4 is 11.6 Å². The summed E-state index contributed by atoms with van der Waals surface area (Å²) in [6.45, 7) is 4.54. The molecule has 0 unspecified atom stereocenters. The maximum Gasteiger partial charge on any atom is 0.236 e. The number of carbonyl (C=O) groups excluding carboxylic acids is 1. The molecular formula is C19H32FN3O2. The zero-order valence-electron chi connectivity index (χ0n) is 15.5. The molecule has 1 saturated heterocycles. The average molecular weight is 353 g/mol. The second-order valence-electron chi connectivity index (χ2n) is 8.06. The third-order valence-electron chi connectivity index (χ3n) is 6.06. The normalized spacial score (nSPS) is 34.0. The fraction of sp³-hybridized carbons (Fsp3) is 0.895. The Morgan fingerprint density at radius 1 is 1.24 bits per heavy atom. The molecule has 0 aromatic heterocycles. The first-order valence-corrected chi connectivity index (χ1v) is 9.90. The highest BCUT2D eigenvalue weighted by Crippen LogP contribution is 2.28. The first kappa shape index (κ1) is 18.6. The van der Waals surface area contributed by atoms with Crippen molar-refractivity contribution in [2.45, 2.75) is 89.6 Å². The molecule has 5 nitrogen and oxygen atoms in total. The number of nitrogens with zero attached hydrogens (tertiary/aromatic N) is 2. The van der Waals surface area contributed by atoms with Gasteiger partial charge in [0.15, 0.2) is 0 Å². The molecule has 25 heavy (non-hydrogen) atoms. The Morgan fingerprint density at radius 3 is 2.68 bits per heavy atom. The Hall–Kier alpha value is -1.17. The largest absolute Gasteiger partial charge is 0.393 e. The van der Waals surface area contributed by atoms with Crippen LogP contribution in [0, 0.1) is 5.92 Å². The van der Waals surface area contributed by atoms with Gasteiger partial charge in [0.25, 0.3) is 0 Å². The SMILES string of the molecule is C/C(=N\OC1CCCC1)[C@H]1CC[C@@H](NCC(=O)N2C[C@@H](F)C[C@H]2C)C1. The number of likely N-dealkylation sites (tertiary alicyclic amines) is 1. The van der Waals surface area contributed by atoms with E-state index < -0.39 is 6.17 Å². The van der Waals surface area contributed by atoms with E-state index in [2.05, 4.69) is 17.4 Å². The lowest BCUT2D eigenvalue weighted by atomic mass is 10.0. The summed E-state index contributed by atoms with van der Waals surface area (Å²) >= 11 is 0. The highest BCUT2D eigenvalue weighted by molar-refractivity contribution is 5.84. The van der Waals surface area contributed by atoms with Crippen LogP contribution in [0.25, 0.3) is 0 Å². The van der Waals surface area contributed by atoms with Gasteiger partial charge in [0.2, 0.25) is 5.91 Å². The van der Waals surface area contributed by atoms with Crippen molar-refractivity contribution in [2.24, 2.45) is 11.1 Å². The summed E-state index contributed by atoms with van der Waals surface area (Å²) in [4.78, 5) is 19.6. The first-order chi connectivity index (χ1) is 12.0. The number of amides is 1. The second kappa shape index (κ2) is 8.47. The lowest BCUT2D eigenvalue weighted by Gasteiger charge is -2.22. The van der Waals surface area contributed by atoms with Gasteiger partial charge in [-0.05, 0) is 58.8 Å². The summed E-state index contributed by atoms with van der Waals surface area (Å²) in [5.74, 6) is 0.459. The number of nitrogens with one attached hydrogen (secondary N) is 1. The fourth-order valence-electron chi connectivity index (χ4n) is 4.42. The van der Waals surface area contributed by atoms with Gasteiger partial charge in [0.1, 0.15) is 12.3 Å². The number of halogens is 1. The van der Waals surface area contributed by atoms with Gasteiger partial charge < -0.3 is 15.1 Å². The summed E-state index contributed by atoms with van der Waals surface area (Å²) in [6.07, 6.45) is 7.80. The van der Waals surface area contributed by atoms with Crippen LogP contribution in [0.3, 0.4) is 0 Å². The average Bonchev–Trinajstić information content (AvgIpc) is 3.31. The highest BCUT2D eigenvalue weighted by atomic mass is 19.1. The molecule has 142 valence electrons. The lowest BCUT2D eigenvalue weighted by molar-refractivity contribution is -0.131. The molecule has 3 rings (SSSR count). The van der Waals surface area contributed by atoms with Crippen molar-refractivity contribution < 1.29 is 14.0 Å². The van der Waals surface area contributed by atoms with Crippen molar-refractivity contribution in [3.63, 3.8) is 0 Å². The summed E-state index contributed by atoms with van der Waals surface area (Å²) in [6, 6.07) is 0.354. The quantitative estimate of drug-likeness (QED) is 0.590. The number of hydrogen-bond donors (Lipinski definition) is 1. The molecule has 0 spiro atoms. The first-order valence-electron chi connectivity index (χ1n) is 9.90. The number of rotatable bonds is 6. The highest BCUT2D eigenvalue weighted by Gasteiger charge is 2.33. The summed E-state index contributed by atoms with van der Waals surface area (Å²) < 4.78 is 13.4. The van der Waals surface area contributed by atoms with Crippen molar-refractivity contribution in [2.75, 3.05) is 13.1 Å². The molecule has 0 bridgehead atoms. The molecule has 0 radical (unpaired) electrons. The van der Waals surface area contributed by atoms with Gasteiger partial charge in [0.05, 0.1) is 18.8 Å². The minimum Gasteiger partial charge on any atom is -0.393 e. The molecular weight excluding hydrogens is 321 g/mol. The molecule has 3 fully saturated rings. The molecule has 1 aliphatic heterocycles. The topological polar surface area (TPSA) is 53.9 Å². The molecule has 0 aromatic carbocycles. The van der Waals surface area contributed by atoms with Gasteiger partial charge in [-0.2, -0.15) is 0 Å². The van der Waals surface area contributed by atoms with Crippen molar-refractivity contribution in [1.82, 2.24) is 10.2 Å². The molecule has 2 saturated carbocycles.